The number of anilines is 1. The average molecular weight is 336 g/mol. The second-order valence-electron chi connectivity index (χ2n) is 6.67. The Balaban J connectivity index is 1.86. The zero-order valence-electron chi connectivity index (χ0n) is 13.9. The number of benzene rings is 1. The summed E-state index contributed by atoms with van der Waals surface area (Å²) in [6, 6.07) is 9.34. The van der Waals surface area contributed by atoms with Gasteiger partial charge in [0.2, 0.25) is 11.8 Å². The molecule has 2 rings (SSSR count). The number of hydrogen-bond acceptors (Lipinski definition) is 4. The molecule has 0 spiro atoms. The summed E-state index contributed by atoms with van der Waals surface area (Å²) in [7, 11) is 1.88. The van der Waals surface area contributed by atoms with Crippen LogP contribution in [0.4, 0.5) is 5.88 Å². The maximum atomic E-state index is 12.1. The monoisotopic (exact) mass is 335 g/mol. The predicted octanol–water partition coefficient (Wildman–Crippen LogP) is 3.70. The first kappa shape index (κ1) is 17.5. The Morgan fingerprint density at radius 2 is 1.96 bits per heavy atom. The molecule has 124 valence electrons. The van der Waals surface area contributed by atoms with Gasteiger partial charge < -0.3 is 4.52 Å². The highest BCUT2D eigenvalue weighted by Gasteiger charge is 2.19. The Morgan fingerprint density at radius 3 is 2.52 bits per heavy atom. The third kappa shape index (κ3) is 5.37. The zero-order valence-corrected chi connectivity index (χ0v) is 14.6. The van der Waals surface area contributed by atoms with Gasteiger partial charge in [0.15, 0.2) is 0 Å². The summed E-state index contributed by atoms with van der Waals surface area (Å²) in [5.74, 6) is 0.234. The van der Waals surface area contributed by atoms with Gasteiger partial charge in [0.25, 0.3) is 0 Å². The average Bonchev–Trinajstić information content (AvgIpc) is 2.89. The first-order valence-corrected chi connectivity index (χ1v) is 7.82. The number of likely N-dealkylation sites (N-methyl/N-ethyl adjacent to an activating group) is 1. The summed E-state index contributed by atoms with van der Waals surface area (Å²) in [4.78, 5) is 14.0. The number of rotatable bonds is 5. The van der Waals surface area contributed by atoms with Crippen molar-refractivity contribution in [3.8, 4) is 0 Å². The second kappa shape index (κ2) is 7.15. The summed E-state index contributed by atoms with van der Waals surface area (Å²) in [6.45, 7) is 7.03. The molecular weight excluding hydrogens is 314 g/mol. The number of carbonyl (C=O) groups is 1. The fourth-order valence-electron chi connectivity index (χ4n) is 2.07. The summed E-state index contributed by atoms with van der Waals surface area (Å²) in [5, 5.41) is 7.41. The van der Waals surface area contributed by atoms with E-state index in [9.17, 15) is 4.79 Å². The Hall–Kier alpha value is -1.85. The lowest BCUT2D eigenvalue weighted by Gasteiger charge is -2.15. The molecule has 0 radical (unpaired) electrons. The fourth-order valence-corrected chi connectivity index (χ4v) is 2.19. The van der Waals surface area contributed by atoms with Crippen molar-refractivity contribution in [2.24, 2.45) is 0 Å². The normalized spacial score (nSPS) is 11.7. The molecule has 1 aromatic heterocycles. The van der Waals surface area contributed by atoms with Crippen LogP contribution in [0.5, 0.6) is 0 Å². The van der Waals surface area contributed by atoms with E-state index in [2.05, 4.69) is 10.5 Å². The van der Waals surface area contributed by atoms with Crippen molar-refractivity contribution >= 4 is 23.4 Å². The smallest absolute Gasteiger partial charge is 0.240 e. The van der Waals surface area contributed by atoms with Crippen molar-refractivity contribution in [2.75, 3.05) is 18.9 Å². The minimum absolute atomic E-state index is 0.113. The van der Waals surface area contributed by atoms with E-state index in [4.69, 9.17) is 16.1 Å². The molecule has 1 aromatic carbocycles. The van der Waals surface area contributed by atoms with Gasteiger partial charge in [-0.1, -0.05) is 49.7 Å². The molecule has 0 saturated carbocycles. The topological polar surface area (TPSA) is 58.4 Å². The van der Waals surface area contributed by atoms with Gasteiger partial charge in [0.1, 0.15) is 0 Å². The number of carbonyl (C=O) groups excluding carboxylic acids is 1. The van der Waals surface area contributed by atoms with Gasteiger partial charge in [-0.05, 0) is 24.7 Å². The molecule has 23 heavy (non-hydrogen) atoms. The van der Waals surface area contributed by atoms with Gasteiger partial charge in [-0.3, -0.25) is 15.0 Å². The summed E-state index contributed by atoms with van der Waals surface area (Å²) < 4.78 is 5.16. The third-order valence-electron chi connectivity index (χ3n) is 3.32. The molecule has 0 fully saturated rings. The lowest BCUT2D eigenvalue weighted by atomic mass is 9.92. The number of amides is 1. The largest absolute Gasteiger partial charge is 0.338 e. The number of hydrogen-bond donors (Lipinski definition) is 1. The standard InChI is InChI=1S/C17H22ClN3O2/c1-17(2,3)14-9-16(23-20-14)19-15(22)11-21(4)10-12-5-7-13(18)8-6-12/h5-9H,10-11H2,1-4H3,(H,19,22). The summed E-state index contributed by atoms with van der Waals surface area (Å²) in [6.07, 6.45) is 0. The predicted molar refractivity (Wildman–Crippen MR) is 91.6 cm³/mol. The first-order chi connectivity index (χ1) is 10.7. The molecule has 0 aliphatic carbocycles. The van der Waals surface area contributed by atoms with Crippen molar-refractivity contribution in [3.05, 3.63) is 46.6 Å². The van der Waals surface area contributed by atoms with E-state index in [1.807, 2.05) is 57.0 Å². The first-order valence-electron chi connectivity index (χ1n) is 7.44. The van der Waals surface area contributed by atoms with Crippen LogP contribution < -0.4 is 5.32 Å². The molecule has 6 heteroatoms. The third-order valence-corrected chi connectivity index (χ3v) is 3.57. The van der Waals surface area contributed by atoms with Crippen LogP contribution in [0, 0.1) is 0 Å². The molecule has 0 aliphatic rings. The van der Waals surface area contributed by atoms with Crippen LogP contribution in [-0.2, 0) is 16.8 Å². The van der Waals surface area contributed by atoms with Crippen LogP contribution in [-0.4, -0.2) is 29.6 Å². The van der Waals surface area contributed by atoms with E-state index >= 15 is 0 Å². The molecule has 2 aromatic rings. The maximum absolute atomic E-state index is 12.1. The number of aromatic nitrogens is 1. The molecule has 0 atom stereocenters. The van der Waals surface area contributed by atoms with Gasteiger partial charge in [0.05, 0.1) is 12.2 Å². The molecule has 1 amide bonds. The van der Waals surface area contributed by atoms with Crippen LogP contribution in [0.2, 0.25) is 5.02 Å². The van der Waals surface area contributed by atoms with E-state index in [0.29, 0.717) is 17.5 Å². The van der Waals surface area contributed by atoms with Gasteiger partial charge in [-0.25, -0.2) is 0 Å². The zero-order chi connectivity index (χ0) is 17.0. The van der Waals surface area contributed by atoms with Crippen LogP contribution in [0.1, 0.15) is 32.0 Å². The van der Waals surface area contributed by atoms with Crippen LogP contribution in [0.25, 0.3) is 0 Å². The Kier molecular flexibility index (Phi) is 5.44. The quantitative estimate of drug-likeness (QED) is 0.905. The molecule has 0 aliphatic heterocycles. The van der Waals surface area contributed by atoms with E-state index in [1.165, 1.54) is 0 Å². The number of nitrogens with zero attached hydrogens (tertiary/aromatic N) is 2. The van der Waals surface area contributed by atoms with Crippen LogP contribution in [0.15, 0.2) is 34.9 Å². The van der Waals surface area contributed by atoms with Gasteiger partial charge in [0, 0.05) is 23.0 Å². The van der Waals surface area contributed by atoms with Crippen LogP contribution >= 0.6 is 11.6 Å². The van der Waals surface area contributed by atoms with Gasteiger partial charge >= 0.3 is 0 Å². The summed E-state index contributed by atoms with van der Waals surface area (Å²) >= 11 is 5.86. The molecule has 1 heterocycles. The van der Waals surface area contributed by atoms with E-state index < -0.39 is 0 Å². The molecule has 0 bridgehead atoms. The molecule has 0 saturated heterocycles. The molecule has 5 nitrogen and oxygen atoms in total. The van der Waals surface area contributed by atoms with E-state index in [1.54, 1.807) is 6.07 Å². The SMILES string of the molecule is CN(CC(=O)Nc1cc(C(C)(C)C)no1)Cc1ccc(Cl)cc1. The highest BCUT2D eigenvalue weighted by Crippen LogP contribution is 2.23. The van der Waals surface area contributed by atoms with Crippen LogP contribution in [0.3, 0.4) is 0 Å². The van der Waals surface area contributed by atoms with Crippen molar-refractivity contribution in [1.29, 1.82) is 0 Å². The van der Waals surface area contributed by atoms with Gasteiger partial charge in [-0.2, -0.15) is 0 Å². The minimum atomic E-state index is -0.141. The Bertz CT molecular complexity index is 659. The maximum Gasteiger partial charge on any atom is 0.240 e. The highest BCUT2D eigenvalue weighted by atomic mass is 35.5. The number of halogens is 1. The lowest BCUT2D eigenvalue weighted by Crippen LogP contribution is -2.29. The molecule has 0 unspecified atom stereocenters. The van der Waals surface area contributed by atoms with E-state index in [-0.39, 0.29) is 17.9 Å². The van der Waals surface area contributed by atoms with Crippen molar-refractivity contribution < 1.29 is 9.32 Å². The Labute approximate surface area is 141 Å². The molecular formula is C17H22ClN3O2. The fraction of sp³-hybridized carbons (Fsp3) is 0.412. The highest BCUT2D eigenvalue weighted by molar-refractivity contribution is 6.30. The Morgan fingerprint density at radius 1 is 1.30 bits per heavy atom. The summed E-state index contributed by atoms with van der Waals surface area (Å²) in [5.41, 5.74) is 1.79. The number of nitrogens with one attached hydrogen (secondary N) is 1. The van der Waals surface area contributed by atoms with Crippen molar-refractivity contribution in [1.82, 2.24) is 10.1 Å². The lowest BCUT2D eigenvalue weighted by molar-refractivity contribution is -0.117. The molecule has 1 N–H and O–H groups in total. The van der Waals surface area contributed by atoms with Crippen molar-refractivity contribution in [3.63, 3.8) is 0 Å². The minimum Gasteiger partial charge on any atom is -0.338 e. The second-order valence-corrected chi connectivity index (χ2v) is 7.11. The van der Waals surface area contributed by atoms with Crippen molar-refractivity contribution in [2.45, 2.75) is 32.7 Å². The van der Waals surface area contributed by atoms with Gasteiger partial charge in [-0.15, -0.1) is 0 Å². The van der Waals surface area contributed by atoms with E-state index in [0.717, 1.165) is 11.3 Å².